The van der Waals surface area contributed by atoms with Crippen LogP contribution < -0.4 is 22.0 Å². The maximum Gasteiger partial charge on any atom is 0.239 e. The highest BCUT2D eigenvalue weighted by Gasteiger charge is 2.31. The summed E-state index contributed by atoms with van der Waals surface area (Å²) < 4.78 is 0. The molecule has 1 aliphatic rings. The van der Waals surface area contributed by atoms with Gasteiger partial charge < -0.3 is 10.6 Å². The summed E-state index contributed by atoms with van der Waals surface area (Å²) in [4.78, 5) is 23.3. The quantitative estimate of drug-likeness (QED) is 0.425. The van der Waals surface area contributed by atoms with Gasteiger partial charge in [0.25, 0.3) is 0 Å². The lowest BCUT2D eigenvalue weighted by Gasteiger charge is -2.19. The van der Waals surface area contributed by atoms with E-state index in [1.165, 1.54) is 0 Å². The standard InChI is InChI=1S/C12H17N5O2/c13-16-17-8-14-12(19)10(17)6-7-11(18)15-9-4-2-1-3-5-9/h1-5,10,16H,6-8,13H2,(H,14,19)(H,15,18). The first kappa shape index (κ1) is 13.5. The van der Waals surface area contributed by atoms with E-state index in [1.54, 1.807) is 5.01 Å². The van der Waals surface area contributed by atoms with E-state index in [2.05, 4.69) is 16.2 Å². The van der Waals surface area contributed by atoms with Crippen molar-refractivity contribution in [2.45, 2.75) is 18.9 Å². The van der Waals surface area contributed by atoms with Crippen LogP contribution in [0.3, 0.4) is 0 Å². The van der Waals surface area contributed by atoms with Crippen LogP contribution in [-0.4, -0.2) is 29.5 Å². The number of benzene rings is 1. The second-order valence-corrected chi connectivity index (χ2v) is 4.27. The third kappa shape index (κ3) is 3.50. The summed E-state index contributed by atoms with van der Waals surface area (Å²) >= 11 is 0. The van der Waals surface area contributed by atoms with Crippen LogP contribution in [0.15, 0.2) is 30.3 Å². The van der Waals surface area contributed by atoms with Crippen molar-refractivity contribution in [1.29, 1.82) is 0 Å². The average molecular weight is 263 g/mol. The van der Waals surface area contributed by atoms with Gasteiger partial charge in [-0.15, -0.1) is 0 Å². The van der Waals surface area contributed by atoms with Crippen molar-refractivity contribution < 1.29 is 9.59 Å². The Morgan fingerprint density at radius 3 is 2.84 bits per heavy atom. The highest BCUT2D eigenvalue weighted by atomic mass is 16.2. The molecule has 2 amide bonds. The predicted molar refractivity (Wildman–Crippen MR) is 70.3 cm³/mol. The number of anilines is 1. The van der Waals surface area contributed by atoms with Crippen molar-refractivity contribution in [3.63, 3.8) is 0 Å². The molecule has 2 rings (SSSR count). The molecule has 1 fully saturated rings. The summed E-state index contributed by atoms with van der Waals surface area (Å²) in [6.07, 6.45) is 0.667. The second-order valence-electron chi connectivity index (χ2n) is 4.27. The van der Waals surface area contributed by atoms with Gasteiger partial charge in [0.1, 0.15) is 6.04 Å². The Hall–Kier alpha value is -1.96. The van der Waals surface area contributed by atoms with Crippen molar-refractivity contribution >= 4 is 17.5 Å². The molecule has 7 heteroatoms. The van der Waals surface area contributed by atoms with Crippen LogP contribution in [0.1, 0.15) is 12.8 Å². The molecule has 1 aromatic rings. The molecule has 102 valence electrons. The van der Waals surface area contributed by atoms with Gasteiger partial charge in [-0.25, -0.2) is 0 Å². The van der Waals surface area contributed by atoms with Crippen molar-refractivity contribution in [3.8, 4) is 0 Å². The highest BCUT2D eigenvalue weighted by Crippen LogP contribution is 2.11. The minimum absolute atomic E-state index is 0.120. The molecule has 5 N–H and O–H groups in total. The lowest BCUT2D eigenvalue weighted by Crippen LogP contribution is -2.47. The van der Waals surface area contributed by atoms with Crippen molar-refractivity contribution in [2.24, 2.45) is 5.84 Å². The third-order valence-corrected chi connectivity index (χ3v) is 2.97. The second kappa shape index (κ2) is 6.28. The van der Waals surface area contributed by atoms with Gasteiger partial charge in [0.05, 0.1) is 6.67 Å². The van der Waals surface area contributed by atoms with E-state index in [0.29, 0.717) is 13.1 Å². The number of nitrogens with one attached hydrogen (secondary N) is 3. The average Bonchev–Trinajstić information content (AvgIpc) is 2.78. The molecule has 1 aliphatic heterocycles. The van der Waals surface area contributed by atoms with Gasteiger partial charge in [-0.1, -0.05) is 18.2 Å². The molecule has 0 radical (unpaired) electrons. The molecule has 0 spiro atoms. The summed E-state index contributed by atoms with van der Waals surface area (Å²) in [7, 11) is 0. The zero-order valence-electron chi connectivity index (χ0n) is 10.4. The molecule has 1 saturated heterocycles. The van der Waals surface area contributed by atoms with E-state index in [9.17, 15) is 9.59 Å². The summed E-state index contributed by atoms with van der Waals surface area (Å²) in [5.74, 6) is 5.06. The molecule has 7 nitrogen and oxygen atoms in total. The normalized spacial score (nSPS) is 19.2. The van der Waals surface area contributed by atoms with Crippen LogP contribution >= 0.6 is 0 Å². The minimum atomic E-state index is -0.411. The van der Waals surface area contributed by atoms with E-state index in [4.69, 9.17) is 5.84 Å². The van der Waals surface area contributed by atoms with Crippen LogP contribution in [0.2, 0.25) is 0 Å². The van der Waals surface area contributed by atoms with Crippen LogP contribution in [0.4, 0.5) is 5.69 Å². The SMILES string of the molecule is NNN1CNC(=O)C1CCC(=O)Nc1ccccc1. The van der Waals surface area contributed by atoms with Gasteiger partial charge in [-0.2, -0.15) is 10.5 Å². The van der Waals surface area contributed by atoms with Gasteiger partial charge in [-0.05, 0) is 18.6 Å². The monoisotopic (exact) mass is 263 g/mol. The molecule has 0 saturated carbocycles. The number of para-hydroxylation sites is 1. The van der Waals surface area contributed by atoms with E-state index < -0.39 is 6.04 Å². The van der Waals surface area contributed by atoms with Crippen molar-refractivity contribution in [1.82, 2.24) is 15.9 Å². The number of hydrogen-bond acceptors (Lipinski definition) is 5. The zero-order chi connectivity index (χ0) is 13.7. The first-order valence-electron chi connectivity index (χ1n) is 6.06. The minimum Gasteiger partial charge on any atom is -0.341 e. The Balaban J connectivity index is 1.82. The molecule has 0 bridgehead atoms. The van der Waals surface area contributed by atoms with Gasteiger partial charge in [0.15, 0.2) is 0 Å². The third-order valence-electron chi connectivity index (χ3n) is 2.97. The molecule has 1 unspecified atom stereocenters. The number of nitrogens with zero attached hydrogens (tertiary/aromatic N) is 1. The molecule has 19 heavy (non-hydrogen) atoms. The maximum absolute atomic E-state index is 11.8. The Kier molecular flexibility index (Phi) is 4.45. The van der Waals surface area contributed by atoms with Gasteiger partial charge in [0, 0.05) is 12.1 Å². The fraction of sp³-hybridized carbons (Fsp3) is 0.333. The van der Waals surface area contributed by atoms with Crippen LogP contribution in [-0.2, 0) is 9.59 Å². The summed E-state index contributed by atoms with van der Waals surface area (Å²) in [5.41, 5.74) is 3.18. The van der Waals surface area contributed by atoms with Gasteiger partial charge in [0.2, 0.25) is 11.8 Å². The summed E-state index contributed by atoms with van der Waals surface area (Å²) in [6, 6.07) is 8.79. The number of hydrazine groups is 2. The largest absolute Gasteiger partial charge is 0.341 e. The van der Waals surface area contributed by atoms with Gasteiger partial charge in [-0.3, -0.25) is 15.4 Å². The Morgan fingerprint density at radius 2 is 2.16 bits per heavy atom. The van der Waals surface area contributed by atoms with Crippen LogP contribution in [0.25, 0.3) is 0 Å². The van der Waals surface area contributed by atoms with Gasteiger partial charge >= 0.3 is 0 Å². The number of rotatable bonds is 5. The van der Waals surface area contributed by atoms with E-state index in [-0.39, 0.29) is 18.2 Å². The molecule has 1 aromatic carbocycles. The van der Waals surface area contributed by atoms with E-state index >= 15 is 0 Å². The lowest BCUT2D eigenvalue weighted by molar-refractivity contribution is -0.122. The number of carbonyl (C=O) groups is 2. The lowest BCUT2D eigenvalue weighted by atomic mass is 10.1. The molecular formula is C12H17N5O2. The Morgan fingerprint density at radius 1 is 1.42 bits per heavy atom. The smallest absolute Gasteiger partial charge is 0.239 e. The predicted octanol–water partition coefficient (Wildman–Crippen LogP) is -0.458. The summed E-state index contributed by atoms with van der Waals surface area (Å²) in [6.45, 7) is 0.348. The fourth-order valence-corrected chi connectivity index (χ4v) is 1.97. The van der Waals surface area contributed by atoms with E-state index in [1.807, 2.05) is 30.3 Å². The molecule has 1 atom stereocenters. The molecule has 1 heterocycles. The number of amides is 2. The molecule has 0 aromatic heterocycles. The van der Waals surface area contributed by atoms with E-state index in [0.717, 1.165) is 5.69 Å². The Bertz CT molecular complexity index is 451. The van der Waals surface area contributed by atoms with Crippen molar-refractivity contribution in [2.75, 3.05) is 12.0 Å². The zero-order valence-corrected chi connectivity index (χ0v) is 10.4. The topological polar surface area (TPSA) is 99.5 Å². The first-order chi connectivity index (χ1) is 9.20. The van der Waals surface area contributed by atoms with Crippen LogP contribution in [0, 0.1) is 0 Å². The van der Waals surface area contributed by atoms with Crippen LogP contribution in [0.5, 0.6) is 0 Å². The number of nitrogens with two attached hydrogens (primary N) is 1. The first-order valence-corrected chi connectivity index (χ1v) is 6.06. The van der Waals surface area contributed by atoms with Crippen molar-refractivity contribution in [3.05, 3.63) is 30.3 Å². The summed E-state index contributed by atoms with van der Waals surface area (Å²) in [5, 5.41) is 7.00. The highest BCUT2D eigenvalue weighted by molar-refractivity contribution is 5.91. The fourth-order valence-electron chi connectivity index (χ4n) is 1.97. The molecule has 0 aliphatic carbocycles. The molecular weight excluding hydrogens is 246 g/mol. The number of hydrogen-bond donors (Lipinski definition) is 4. The maximum atomic E-state index is 11.8. The number of carbonyl (C=O) groups excluding carboxylic acids is 2. The Labute approximate surface area is 111 Å².